The number of aromatic amines is 1. The molecule has 7 heteroatoms. The van der Waals surface area contributed by atoms with Gasteiger partial charge in [-0.15, -0.1) is 11.3 Å². The first-order valence-electron chi connectivity index (χ1n) is 9.52. The topological polar surface area (TPSA) is 58.4 Å². The number of ether oxygens (including phenoxy) is 1. The van der Waals surface area contributed by atoms with Crippen molar-refractivity contribution < 1.29 is 4.74 Å². The molecule has 4 aromatic rings. The fraction of sp³-hybridized carbons (Fsp3) is 0.227. The minimum Gasteiger partial charge on any atom is -0.378 e. The zero-order valence-electron chi connectivity index (χ0n) is 15.8. The highest BCUT2D eigenvalue weighted by Gasteiger charge is 2.25. The monoisotopic (exact) mass is 401 g/mol. The number of benzene rings is 2. The van der Waals surface area contributed by atoms with Gasteiger partial charge in [0.25, 0.3) is 0 Å². The number of hydrogen-bond donors (Lipinski definition) is 1. The molecular weight excluding hydrogens is 382 g/mol. The molecule has 1 aliphatic heterocycles. The van der Waals surface area contributed by atoms with Gasteiger partial charge < -0.3 is 9.64 Å². The van der Waals surface area contributed by atoms with Gasteiger partial charge in [0.1, 0.15) is 6.33 Å². The van der Waals surface area contributed by atoms with Crippen LogP contribution in [0.25, 0.3) is 26.3 Å². The molecule has 6 nitrogen and oxygen atoms in total. The zero-order valence-corrected chi connectivity index (χ0v) is 16.6. The molecule has 1 N–H and O–H groups in total. The lowest BCUT2D eigenvalue weighted by Crippen LogP contribution is -2.35. The molecule has 0 bridgehead atoms. The van der Waals surface area contributed by atoms with E-state index in [-0.39, 0.29) is 0 Å². The van der Waals surface area contributed by atoms with Crippen LogP contribution in [-0.4, -0.2) is 41.5 Å². The number of H-pyrrole nitrogens is 1. The van der Waals surface area contributed by atoms with Crippen LogP contribution in [-0.2, 0) is 11.2 Å². The average Bonchev–Trinajstić information content (AvgIpc) is 3.42. The standard InChI is InChI=1S/C22H19N5OS/c1-23-19-18(13-15-6-7-16-4-2-3-5-17(16)12-15)20(21-24-14-25-26-21)29-22(19)27-8-10-28-11-9-27/h2-7,12,14H,8-11,13H2,(H,24,25,26). The zero-order chi connectivity index (χ0) is 19.6. The Hall–Kier alpha value is -3.21. The van der Waals surface area contributed by atoms with Gasteiger partial charge in [-0.05, 0) is 28.3 Å². The normalized spacial score (nSPS) is 14.2. The van der Waals surface area contributed by atoms with Crippen LogP contribution in [0.3, 0.4) is 0 Å². The number of fused-ring (bicyclic) bond motifs is 1. The summed E-state index contributed by atoms with van der Waals surface area (Å²) in [6.45, 7) is 10.9. The van der Waals surface area contributed by atoms with Crippen LogP contribution in [0.5, 0.6) is 0 Å². The lowest BCUT2D eigenvalue weighted by molar-refractivity contribution is 0.123. The Morgan fingerprint density at radius 2 is 1.97 bits per heavy atom. The summed E-state index contributed by atoms with van der Waals surface area (Å²) >= 11 is 1.62. The SMILES string of the molecule is [C-]#[N+]c1c(N2CCOCC2)sc(-c2ncn[nH]2)c1Cc1ccc2ccccc2c1. The molecule has 0 atom stereocenters. The molecule has 29 heavy (non-hydrogen) atoms. The van der Waals surface area contributed by atoms with E-state index in [1.807, 2.05) is 0 Å². The molecule has 0 radical (unpaired) electrons. The molecule has 5 rings (SSSR count). The highest BCUT2D eigenvalue weighted by atomic mass is 32.1. The van der Waals surface area contributed by atoms with E-state index in [9.17, 15) is 0 Å². The average molecular weight is 401 g/mol. The highest BCUT2D eigenvalue weighted by Crippen LogP contribution is 2.47. The summed E-state index contributed by atoms with van der Waals surface area (Å²) in [6, 6.07) is 14.8. The number of nitrogens with one attached hydrogen (secondary N) is 1. The first kappa shape index (κ1) is 17.9. The number of rotatable bonds is 4. The molecule has 2 aromatic heterocycles. The Bertz CT molecular complexity index is 1190. The van der Waals surface area contributed by atoms with Gasteiger partial charge in [0, 0.05) is 13.1 Å². The van der Waals surface area contributed by atoms with Crippen molar-refractivity contribution in [2.45, 2.75) is 6.42 Å². The Kier molecular flexibility index (Phi) is 4.72. The highest BCUT2D eigenvalue weighted by molar-refractivity contribution is 7.20. The van der Waals surface area contributed by atoms with Crippen molar-refractivity contribution in [1.82, 2.24) is 15.2 Å². The van der Waals surface area contributed by atoms with E-state index in [1.54, 1.807) is 11.3 Å². The summed E-state index contributed by atoms with van der Waals surface area (Å²) in [5, 5.41) is 10.4. The maximum absolute atomic E-state index is 7.91. The van der Waals surface area contributed by atoms with Gasteiger partial charge >= 0.3 is 0 Å². The van der Waals surface area contributed by atoms with E-state index in [2.05, 4.69) is 67.4 Å². The second-order valence-corrected chi connectivity index (χ2v) is 7.97. The van der Waals surface area contributed by atoms with Gasteiger partial charge in [-0.2, -0.15) is 5.10 Å². The second-order valence-electron chi connectivity index (χ2n) is 6.97. The van der Waals surface area contributed by atoms with Crippen molar-refractivity contribution in [1.29, 1.82) is 0 Å². The van der Waals surface area contributed by atoms with E-state index >= 15 is 0 Å². The van der Waals surface area contributed by atoms with Crippen LogP contribution in [0.4, 0.5) is 10.7 Å². The van der Waals surface area contributed by atoms with Crippen molar-refractivity contribution in [3.63, 3.8) is 0 Å². The molecule has 0 amide bonds. The summed E-state index contributed by atoms with van der Waals surface area (Å²) in [4.78, 5) is 11.6. The van der Waals surface area contributed by atoms with Crippen LogP contribution < -0.4 is 4.90 Å². The quantitative estimate of drug-likeness (QED) is 0.505. The summed E-state index contributed by atoms with van der Waals surface area (Å²) in [5.41, 5.74) is 2.91. The van der Waals surface area contributed by atoms with E-state index in [1.165, 1.54) is 22.7 Å². The number of thiophene rings is 1. The lowest BCUT2D eigenvalue weighted by atomic mass is 10.0. The largest absolute Gasteiger partial charge is 0.378 e. The molecule has 2 aromatic carbocycles. The number of morpholine rings is 1. The minimum absolute atomic E-state index is 0.680. The summed E-state index contributed by atoms with van der Waals surface area (Å²) in [7, 11) is 0. The molecule has 0 unspecified atom stereocenters. The smallest absolute Gasteiger partial charge is 0.224 e. The minimum atomic E-state index is 0.680. The number of nitrogens with zero attached hydrogens (tertiary/aromatic N) is 4. The van der Waals surface area contributed by atoms with Crippen molar-refractivity contribution in [2.75, 3.05) is 31.2 Å². The second kappa shape index (κ2) is 7.66. The van der Waals surface area contributed by atoms with Gasteiger partial charge in [0.05, 0.1) is 29.7 Å². The molecule has 1 fully saturated rings. The predicted molar refractivity (Wildman–Crippen MR) is 116 cm³/mol. The third-order valence-electron chi connectivity index (χ3n) is 5.20. The Morgan fingerprint density at radius 3 is 2.72 bits per heavy atom. The Labute approximate surface area is 172 Å². The molecular formula is C22H19N5OS. The Morgan fingerprint density at radius 1 is 1.14 bits per heavy atom. The third-order valence-corrected chi connectivity index (χ3v) is 6.48. The van der Waals surface area contributed by atoms with Crippen molar-refractivity contribution in [3.05, 3.63) is 71.3 Å². The Balaban J connectivity index is 1.61. The molecule has 0 saturated carbocycles. The molecule has 1 saturated heterocycles. The van der Waals surface area contributed by atoms with E-state index < -0.39 is 0 Å². The fourth-order valence-corrected chi connectivity index (χ4v) is 5.02. The molecule has 0 spiro atoms. The van der Waals surface area contributed by atoms with Crippen molar-refractivity contribution in [2.24, 2.45) is 0 Å². The number of hydrogen-bond acceptors (Lipinski definition) is 5. The van der Waals surface area contributed by atoms with E-state index in [4.69, 9.17) is 11.3 Å². The van der Waals surface area contributed by atoms with Gasteiger partial charge in [-0.1, -0.05) is 42.5 Å². The van der Waals surface area contributed by atoms with Crippen molar-refractivity contribution >= 4 is 32.8 Å². The van der Waals surface area contributed by atoms with Crippen LogP contribution in [0.2, 0.25) is 0 Å². The van der Waals surface area contributed by atoms with Gasteiger partial charge in [-0.25, -0.2) is 9.83 Å². The van der Waals surface area contributed by atoms with Gasteiger partial charge in [0.2, 0.25) is 5.69 Å². The van der Waals surface area contributed by atoms with Gasteiger partial charge in [0.15, 0.2) is 5.82 Å². The molecule has 3 heterocycles. The maximum Gasteiger partial charge on any atom is 0.224 e. The van der Waals surface area contributed by atoms with Crippen LogP contribution >= 0.6 is 11.3 Å². The van der Waals surface area contributed by atoms with Crippen LogP contribution in [0, 0.1) is 6.57 Å². The van der Waals surface area contributed by atoms with Crippen LogP contribution in [0.15, 0.2) is 48.8 Å². The summed E-state index contributed by atoms with van der Waals surface area (Å²) in [6.07, 6.45) is 2.19. The lowest BCUT2D eigenvalue weighted by Gasteiger charge is -2.28. The predicted octanol–water partition coefficient (Wildman–Crippen LogP) is 4.66. The van der Waals surface area contributed by atoms with E-state index in [0.29, 0.717) is 19.6 Å². The first-order chi connectivity index (χ1) is 14.3. The third kappa shape index (κ3) is 3.37. The van der Waals surface area contributed by atoms with Gasteiger partial charge in [-0.3, -0.25) is 5.10 Å². The molecule has 0 aliphatic carbocycles. The summed E-state index contributed by atoms with van der Waals surface area (Å²) < 4.78 is 5.50. The van der Waals surface area contributed by atoms with Crippen LogP contribution in [0.1, 0.15) is 11.1 Å². The molecule has 1 aliphatic rings. The molecule has 144 valence electrons. The number of aromatic nitrogens is 3. The summed E-state index contributed by atoms with van der Waals surface area (Å²) in [5.74, 6) is 0.718. The van der Waals surface area contributed by atoms with Crippen molar-refractivity contribution in [3.8, 4) is 10.7 Å². The first-order valence-corrected chi connectivity index (χ1v) is 10.3. The van der Waals surface area contributed by atoms with E-state index in [0.717, 1.165) is 40.0 Å². The fourth-order valence-electron chi connectivity index (χ4n) is 3.76. The maximum atomic E-state index is 7.91. The number of anilines is 1.